The zero-order chi connectivity index (χ0) is 22.1. The molecule has 32 heavy (non-hydrogen) atoms. The molecular weight excluding hydrogens is 390 g/mol. The van der Waals surface area contributed by atoms with E-state index < -0.39 is 0 Å². The summed E-state index contributed by atoms with van der Waals surface area (Å²) in [6.45, 7) is 9.77. The second-order valence-corrected chi connectivity index (χ2v) is 9.37. The molecule has 0 atom stereocenters. The Morgan fingerprint density at radius 3 is 2.34 bits per heavy atom. The fraction of sp³-hybridized carbons (Fsp3) is 0.345. The Morgan fingerprint density at radius 2 is 1.59 bits per heavy atom. The summed E-state index contributed by atoms with van der Waals surface area (Å²) < 4.78 is 2.49. The van der Waals surface area contributed by atoms with Crippen molar-refractivity contribution in [3.05, 3.63) is 94.8 Å². The Morgan fingerprint density at radius 1 is 0.875 bits per heavy atom. The molecule has 2 aromatic heterocycles. The number of aryl methyl sites for hydroxylation is 2. The molecule has 2 aromatic carbocycles. The lowest BCUT2D eigenvalue weighted by Crippen LogP contribution is -2.35. The van der Waals surface area contributed by atoms with Crippen LogP contribution in [0.5, 0.6) is 0 Å². The van der Waals surface area contributed by atoms with E-state index in [4.69, 9.17) is 4.98 Å². The Labute approximate surface area is 191 Å². The van der Waals surface area contributed by atoms with E-state index >= 15 is 0 Å². The molecule has 3 nitrogen and oxygen atoms in total. The van der Waals surface area contributed by atoms with Crippen LogP contribution in [0.2, 0.25) is 0 Å². The molecule has 0 aliphatic carbocycles. The van der Waals surface area contributed by atoms with Gasteiger partial charge in [0.2, 0.25) is 0 Å². The highest BCUT2D eigenvalue weighted by molar-refractivity contribution is 5.93. The van der Waals surface area contributed by atoms with Crippen LogP contribution >= 0.6 is 0 Å². The van der Waals surface area contributed by atoms with Crippen LogP contribution in [0.25, 0.3) is 10.9 Å². The summed E-state index contributed by atoms with van der Waals surface area (Å²) in [6, 6.07) is 21.9. The fourth-order valence-corrected chi connectivity index (χ4v) is 5.26. The summed E-state index contributed by atoms with van der Waals surface area (Å²) in [5.74, 6) is 1.92. The molecule has 0 unspecified atom stereocenters. The molecule has 164 valence electrons. The van der Waals surface area contributed by atoms with E-state index in [2.05, 4.69) is 90.9 Å². The molecule has 3 heteroatoms. The lowest BCUT2D eigenvalue weighted by molar-refractivity contribution is 0.402. The summed E-state index contributed by atoms with van der Waals surface area (Å²) in [4.78, 5) is 7.45. The van der Waals surface area contributed by atoms with E-state index in [1.165, 1.54) is 58.1 Å². The summed E-state index contributed by atoms with van der Waals surface area (Å²) in [5, 5.41) is 1.34. The van der Waals surface area contributed by atoms with Crippen molar-refractivity contribution in [2.75, 3.05) is 18.0 Å². The lowest BCUT2D eigenvalue weighted by atomic mass is 9.90. The van der Waals surface area contributed by atoms with E-state index in [0.29, 0.717) is 0 Å². The smallest absolute Gasteiger partial charge is 0.153 e. The third kappa shape index (κ3) is 3.92. The van der Waals surface area contributed by atoms with Gasteiger partial charge in [-0.15, -0.1) is 0 Å². The molecule has 1 aliphatic rings. The molecule has 1 fully saturated rings. The largest absolute Gasteiger partial charge is 0.355 e. The highest BCUT2D eigenvalue weighted by Crippen LogP contribution is 2.34. The molecule has 0 spiro atoms. The number of anilines is 1. The van der Waals surface area contributed by atoms with Gasteiger partial charge in [0.15, 0.2) is 5.82 Å². The third-order valence-electron chi connectivity index (χ3n) is 7.40. The number of benzene rings is 2. The summed E-state index contributed by atoms with van der Waals surface area (Å²) >= 11 is 0. The minimum Gasteiger partial charge on any atom is -0.355 e. The second-order valence-electron chi connectivity index (χ2n) is 9.37. The van der Waals surface area contributed by atoms with Gasteiger partial charge in [0, 0.05) is 36.9 Å². The van der Waals surface area contributed by atoms with Gasteiger partial charge in [0.1, 0.15) is 0 Å². The van der Waals surface area contributed by atoms with E-state index in [9.17, 15) is 0 Å². The van der Waals surface area contributed by atoms with Crippen LogP contribution in [-0.2, 0) is 13.0 Å². The molecule has 5 rings (SSSR count). The maximum absolute atomic E-state index is 4.92. The molecule has 1 saturated heterocycles. The average Bonchev–Trinajstić information content (AvgIpc) is 3.07. The minimum absolute atomic E-state index is 0.759. The van der Waals surface area contributed by atoms with E-state index in [-0.39, 0.29) is 0 Å². The summed E-state index contributed by atoms with van der Waals surface area (Å²) in [5.41, 5.74) is 8.20. The Balaban J connectivity index is 1.43. The van der Waals surface area contributed by atoms with Crippen molar-refractivity contribution >= 4 is 16.7 Å². The Hall–Kier alpha value is -3.07. The predicted molar refractivity (Wildman–Crippen MR) is 135 cm³/mol. The van der Waals surface area contributed by atoms with Crippen LogP contribution in [0.3, 0.4) is 0 Å². The van der Waals surface area contributed by atoms with Gasteiger partial charge < -0.3 is 9.47 Å². The van der Waals surface area contributed by atoms with Crippen LogP contribution in [0.1, 0.15) is 40.8 Å². The molecule has 4 aromatic rings. The van der Waals surface area contributed by atoms with Crippen molar-refractivity contribution in [1.29, 1.82) is 0 Å². The fourth-order valence-electron chi connectivity index (χ4n) is 5.26. The zero-order valence-corrected chi connectivity index (χ0v) is 19.5. The number of piperidine rings is 1. The van der Waals surface area contributed by atoms with Gasteiger partial charge in [0.25, 0.3) is 0 Å². The number of hydrogen-bond acceptors (Lipinski definition) is 2. The Kier molecular flexibility index (Phi) is 5.73. The number of aromatic nitrogens is 2. The molecule has 3 heterocycles. The van der Waals surface area contributed by atoms with Gasteiger partial charge in [-0.3, -0.25) is 0 Å². The SMILES string of the molecule is Cc1ccccc1Cn1c(C)c(C)c2ccnc(N3CCC(Cc4ccccc4)CC3)c21. The van der Waals surface area contributed by atoms with Gasteiger partial charge >= 0.3 is 0 Å². The van der Waals surface area contributed by atoms with Crippen molar-refractivity contribution in [2.45, 2.75) is 46.6 Å². The topological polar surface area (TPSA) is 21.1 Å². The molecule has 0 amide bonds. The Bertz CT molecular complexity index is 1210. The van der Waals surface area contributed by atoms with Crippen LogP contribution in [0, 0.1) is 26.7 Å². The molecule has 0 saturated carbocycles. The zero-order valence-electron chi connectivity index (χ0n) is 19.5. The number of hydrogen-bond donors (Lipinski definition) is 0. The third-order valence-corrected chi connectivity index (χ3v) is 7.40. The van der Waals surface area contributed by atoms with E-state index in [1.807, 2.05) is 6.20 Å². The van der Waals surface area contributed by atoms with Crippen molar-refractivity contribution < 1.29 is 0 Å². The number of rotatable bonds is 5. The van der Waals surface area contributed by atoms with Gasteiger partial charge in [-0.05, 0) is 74.3 Å². The average molecular weight is 424 g/mol. The second kappa shape index (κ2) is 8.82. The molecular formula is C29H33N3. The monoisotopic (exact) mass is 423 g/mol. The maximum Gasteiger partial charge on any atom is 0.153 e. The highest BCUT2D eigenvalue weighted by Gasteiger charge is 2.24. The summed E-state index contributed by atoms with van der Waals surface area (Å²) in [6.07, 6.45) is 5.64. The highest BCUT2D eigenvalue weighted by atomic mass is 15.2. The van der Waals surface area contributed by atoms with E-state index in [1.54, 1.807) is 0 Å². The predicted octanol–water partition coefficient (Wildman–Crippen LogP) is 6.47. The quantitative estimate of drug-likeness (QED) is 0.367. The number of pyridine rings is 1. The number of nitrogens with zero attached hydrogens (tertiary/aromatic N) is 3. The van der Waals surface area contributed by atoms with Gasteiger partial charge in [-0.2, -0.15) is 0 Å². The number of fused-ring (bicyclic) bond motifs is 1. The first-order chi connectivity index (χ1) is 15.6. The van der Waals surface area contributed by atoms with Crippen molar-refractivity contribution in [1.82, 2.24) is 9.55 Å². The van der Waals surface area contributed by atoms with Crippen LogP contribution in [0.15, 0.2) is 66.9 Å². The first-order valence-corrected chi connectivity index (χ1v) is 11.9. The van der Waals surface area contributed by atoms with Crippen LogP contribution in [0.4, 0.5) is 5.82 Å². The van der Waals surface area contributed by atoms with Crippen LogP contribution < -0.4 is 4.90 Å². The first kappa shape index (κ1) is 20.8. The minimum atomic E-state index is 0.759. The van der Waals surface area contributed by atoms with Crippen molar-refractivity contribution in [3.63, 3.8) is 0 Å². The van der Waals surface area contributed by atoms with Crippen molar-refractivity contribution in [3.8, 4) is 0 Å². The summed E-state index contributed by atoms with van der Waals surface area (Å²) in [7, 11) is 0. The van der Waals surface area contributed by atoms with Gasteiger partial charge in [-0.1, -0.05) is 54.6 Å². The molecule has 1 aliphatic heterocycles. The maximum atomic E-state index is 4.92. The lowest BCUT2D eigenvalue weighted by Gasteiger charge is -2.33. The van der Waals surface area contributed by atoms with E-state index in [0.717, 1.165) is 31.4 Å². The first-order valence-electron chi connectivity index (χ1n) is 11.9. The normalized spacial score (nSPS) is 14.9. The van der Waals surface area contributed by atoms with Gasteiger partial charge in [-0.25, -0.2) is 4.98 Å². The van der Waals surface area contributed by atoms with Crippen LogP contribution in [-0.4, -0.2) is 22.6 Å². The van der Waals surface area contributed by atoms with Crippen molar-refractivity contribution in [2.24, 2.45) is 5.92 Å². The standard InChI is InChI=1S/C29H33N3/c1-21-9-7-8-12-26(21)20-32-23(3)22(2)27-13-16-30-29(28(27)32)31-17-14-25(15-18-31)19-24-10-5-4-6-11-24/h4-13,16,25H,14-15,17-20H2,1-3H3. The van der Waals surface area contributed by atoms with Gasteiger partial charge in [0.05, 0.1) is 5.52 Å². The molecule has 0 bridgehead atoms. The molecule has 0 N–H and O–H groups in total. The molecule has 0 radical (unpaired) electrons.